The first-order valence-corrected chi connectivity index (χ1v) is 7.78. The second kappa shape index (κ2) is 4.93. The molecule has 2 heterocycles. The zero-order valence-corrected chi connectivity index (χ0v) is 12.8. The third-order valence-electron chi connectivity index (χ3n) is 4.25. The van der Waals surface area contributed by atoms with E-state index in [1.807, 2.05) is 0 Å². The van der Waals surface area contributed by atoms with Crippen molar-refractivity contribution in [2.75, 3.05) is 5.32 Å². The summed E-state index contributed by atoms with van der Waals surface area (Å²) in [6.45, 7) is 1.77. The normalized spacial score (nSPS) is 27.4. The van der Waals surface area contributed by atoms with Crippen molar-refractivity contribution in [2.24, 2.45) is 0 Å². The van der Waals surface area contributed by atoms with E-state index in [1.165, 1.54) is 0 Å². The van der Waals surface area contributed by atoms with Crippen molar-refractivity contribution >= 4 is 21.7 Å². The van der Waals surface area contributed by atoms with Gasteiger partial charge in [0.25, 0.3) is 0 Å². The smallest absolute Gasteiger partial charge is 0.367 e. The van der Waals surface area contributed by atoms with Crippen LogP contribution in [0.1, 0.15) is 56.7 Å². The molecule has 20 heavy (non-hydrogen) atoms. The summed E-state index contributed by atoms with van der Waals surface area (Å²) in [6.07, 6.45) is 0.0541. The van der Waals surface area contributed by atoms with Crippen molar-refractivity contribution in [3.63, 3.8) is 0 Å². The van der Waals surface area contributed by atoms with E-state index in [4.69, 9.17) is 0 Å². The minimum absolute atomic E-state index is 0.0225. The van der Waals surface area contributed by atoms with Crippen molar-refractivity contribution in [3.05, 3.63) is 10.2 Å². The van der Waals surface area contributed by atoms with Crippen molar-refractivity contribution < 1.29 is 13.2 Å². The van der Waals surface area contributed by atoms with Crippen LogP contribution in [0.15, 0.2) is 4.47 Å². The Labute approximate surface area is 124 Å². The minimum Gasteiger partial charge on any atom is -0.367 e. The molecule has 1 aliphatic heterocycles. The van der Waals surface area contributed by atoms with Gasteiger partial charge in [0.2, 0.25) is 0 Å². The minimum atomic E-state index is -4.26. The fourth-order valence-electron chi connectivity index (χ4n) is 3.25. The fraction of sp³-hybridized carbons (Fsp3) is 0.769. The number of rotatable bonds is 1. The molecule has 3 rings (SSSR count). The summed E-state index contributed by atoms with van der Waals surface area (Å²) in [5.41, 5.74) is 0.786. The molecule has 0 radical (unpaired) electrons. The van der Waals surface area contributed by atoms with E-state index >= 15 is 0 Å². The van der Waals surface area contributed by atoms with Crippen LogP contribution < -0.4 is 5.32 Å². The molecule has 0 spiro atoms. The molecule has 1 aromatic heterocycles. The third kappa shape index (κ3) is 2.34. The molecular formula is C13H17BrF3N3. The van der Waals surface area contributed by atoms with E-state index in [9.17, 15) is 13.2 Å². The number of hydrogen-bond donors (Lipinski definition) is 1. The Balaban J connectivity index is 2.03. The molecule has 3 nitrogen and oxygen atoms in total. The summed E-state index contributed by atoms with van der Waals surface area (Å²) in [4.78, 5) is 0. The SMILES string of the molecule is CC1CC(C(F)(F)F)n2nc(C3CCCC3)c(Br)c2N1. The Hall–Kier alpha value is -0.720. The molecule has 2 aliphatic rings. The number of alkyl halides is 3. The Morgan fingerprint density at radius 3 is 2.55 bits per heavy atom. The zero-order chi connectivity index (χ0) is 14.5. The lowest BCUT2D eigenvalue weighted by atomic mass is 10.0. The molecule has 1 fully saturated rings. The molecule has 112 valence electrons. The topological polar surface area (TPSA) is 29.9 Å². The number of halogens is 4. The number of hydrogen-bond acceptors (Lipinski definition) is 2. The van der Waals surface area contributed by atoms with E-state index in [0.717, 1.165) is 36.1 Å². The van der Waals surface area contributed by atoms with Crippen molar-refractivity contribution in [3.8, 4) is 0 Å². The largest absolute Gasteiger partial charge is 0.410 e. The monoisotopic (exact) mass is 351 g/mol. The van der Waals surface area contributed by atoms with Gasteiger partial charge in [-0.1, -0.05) is 12.8 Å². The first-order valence-electron chi connectivity index (χ1n) is 6.99. The summed E-state index contributed by atoms with van der Waals surface area (Å²) in [7, 11) is 0. The first kappa shape index (κ1) is 14.2. The molecule has 1 saturated carbocycles. The van der Waals surface area contributed by atoms with Gasteiger partial charge in [-0.3, -0.25) is 0 Å². The van der Waals surface area contributed by atoms with Gasteiger partial charge in [0.05, 0.1) is 10.2 Å². The molecule has 7 heteroatoms. The first-order chi connectivity index (χ1) is 9.38. The molecule has 0 amide bonds. The maximum atomic E-state index is 13.2. The molecule has 2 atom stereocenters. The average molecular weight is 352 g/mol. The van der Waals surface area contributed by atoms with Crippen LogP contribution in [0.5, 0.6) is 0 Å². The lowest BCUT2D eigenvalue weighted by Gasteiger charge is -2.31. The van der Waals surface area contributed by atoms with Crippen LogP contribution in [0.25, 0.3) is 0 Å². The number of fused-ring (bicyclic) bond motifs is 1. The van der Waals surface area contributed by atoms with Crippen LogP contribution in [-0.2, 0) is 0 Å². The molecule has 0 bridgehead atoms. The standard InChI is InChI=1S/C13H17BrF3N3/c1-7-6-9(13(15,16)17)20-12(18-7)10(14)11(19-20)8-4-2-3-5-8/h7-9,18H,2-6H2,1H3. The van der Waals surface area contributed by atoms with Crippen LogP contribution in [0.4, 0.5) is 19.0 Å². The molecular weight excluding hydrogens is 335 g/mol. The van der Waals surface area contributed by atoms with E-state index in [0.29, 0.717) is 10.3 Å². The second-order valence-corrected chi connectivity index (χ2v) is 6.61. The summed E-state index contributed by atoms with van der Waals surface area (Å²) in [5, 5.41) is 7.43. The average Bonchev–Trinajstić information content (AvgIpc) is 2.96. The van der Waals surface area contributed by atoms with Gasteiger partial charge in [-0.25, -0.2) is 4.68 Å². The quantitative estimate of drug-likeness (QED) is 0.800. The highest BCUT2D eigenvalue weighted by molar-refractivity contribution is 9.10. The second-order valence-electron chi connectivity index (χ2n) is 5.81. The fourth-order valence-corrected chi connectivity index (χ4v) is 3.95. The van der Waals surface area contributed by atoms with Crippen molar-refractivity contribution in [1.82, 2.24) is 9.78 Å². The number of nitrogens with one attached hydrogen (secondary N) is 1. The van der Waals surface area contributed by atoms with Gasteiger partial charge >= 0.3 is 6.18 Å². The van der Waals surface area contributed by atoms with Crippen molar-refractivity contribution in [1.29, 1.82) is 0 Å². The number of nitrogens with zero attached hydrogens (tertiary/aromatic N) is 2. The maximum absolute atomic E-state index is 13.2. The third-order valence-corrected chi connectivity index (χ3v) is 5.03. The number of aromatic nitrogens is 2. The zero-order valence-electron chi connectivity index (χ0n) is 11.2. The molecule has 1 aromatic rings. The van der Waals surface area contributed by atoms with Crippen LogP contribution in [0.3, 0.4) is 0 Å². The van der Waals surface area contributed by atoms with E-state index in [1.54, 1.807) is 6.92 Å². The van der Waals surface area contributed by atoms with Gasteiger partial charge in [-0.05, 0) is 42.1 Å². The van der Waals surface area contributed by atoms with Gasteiger partial charge < -0.3 is 5.32 Å². The lowest BCUT2D eigenvalue weighted by molar-refractivity contribution is -0.173. The maximum Gasteiger partial charge on any atom is 0.410 e. The highest BCUT2D eigenvalue weighted by Crippen LogP contribution is 2.46. The Kier molecular flexibility index (Phi) is 3.51. The highest BCUT2D eigenvalue weighted by atomic mass is 79.9. The highest BCUT2D eigenvalue weighted by Gasteiger charge is 2.46. The summed E-state index contributed by atoms with van der Waals surface area (Å²) >= 11 is 3.46. The van der Waals surface area contributed by atoms with Gasteiger partial charge in [-0.2, -0.15) is 18.3 Å². The molecule has 1 N–H and O–H groups in total. The molecule has 0 aromatic carbocycles. The predicted molar refractivity (Wildman–Crippen MR) is 73.9 cm³/mol. The van der Waals surface area contributed by atoms with Crippen LogP contribution in [0, 0.1) is 0 Å². The van der Waals surface area contributed by atoms with E-state index in [2.05, 4.69) is 26.3 Å². The predicted octanol–water partition coefficient (Wildman–Crippen LogP) is 4.61. The molecule has 2 unspecified atom stereocenters. The Bertz CT molecular complexity index is 506. The van der Waals surface area contributed by atoms with Gasteiger partial charge in [-0.15, -0.1) is 0 Å². The van der Waals surface area contributed by atoms with Gasteiger partial charge in [0.1, 0.15) is 5.82 Å². The Morgan fingerprint density at radius 1 is 1.30 bits per heavy atom. The lowest BCUT2D eigenvalue weighted by Crippen LogP contribution is -2.38. The number of anilines is 1. The summed E-state index contributed by atoms with van der Waals surface area (Å²) in [6, 6.07) is -1.74. The van der Waals surface area contributed by atoms with E-state index in [-0.39, 0.29) is 18.4 Å². The Morgan fingerprint density at radius 2 is 1.95 bits per heavy atom. The molecule has 0 saturated heterocycles. The van der Waals surface area contributed by atoms with Crippen LogP contribution in [-0.4, -0.2) is 22.0 Å². The van der Waals surface area contributed by atoms with Gasteiger partial charge in [0, 0.05) is 12.0 Å². The van der Waals surface area contributed by atoms with Crippen LogP contribution >= 0.6 is 15.9 Å². The molecule has 1 aliphatic carbocycles. The van der Waals surface area contributed by atoms with Crippen molar-refractivity contribution in [2.45, 2.75) is 63.2 Å². The van der Waals surface area contributed by atoms with Gasteiger partial charge in [0.15, 0.2) is 6.04 Å². The summed E-state index contributed by atoms with van der Waals surface area (Å²) < 4.78 is 41.5. The van der Waals surface area contributed by atoms with Crippen LogP contribution in [0.2, 0.25) is 0 Å². The summed E-state index contributed by atoms with van der Waals surface area (Å²) in [5.74, 6) is 0.765. The van der Waals surface area contributed by atoms with E-state index < -0.39 is 12.2 Å².